The molecule has 34 heavy (non-hydrogen) atoms. The molecule has 11 nitrogen and oxygen atoms in total. The molecule has 0 unspecified atom stereocenters. The largest absolute Gasteiger partial charge is 0.493 e. The van der Waals surface area contributed by atoms with Crippen LogP contribution >= 0.6 is 0 Å². The van der Waals surface area contributed by atoms with Gasteiger partial charge in [-0.1, -0.05) is 32.9 Å². The van der Waals surface area contributed by atoms with Gasteiger partial charge in [-0.15, -0.1) is 0 Å². The summed E-state index contributed by atoms with van der Waals surface area (Å²) >= 11 is 0. The number of hydrogen-bond acceptors (Lipinski definition) is 9. The number of H-pyrrole nitrogens is 1. The van der Waals surface area contributed by atoms with Crippen LogP contribution in [0.2, 0.25) is 0 Å². The van der Waals surface area contributed by atoms with Crippen LogP contribution in [-0.4, -0.2) is 40.5 Å². The lowest BCUT2D eigenvalue weighted by molar-refractivity contribution is 0.355. The third-order valence-corrected chi connectivity index (χ3v) is 5.10. The van der Waals surface area contributed by atoms with Gasteiger partial charge in [-0.05, 0) is 30.0 Å². The topological polar surface area (TPSA) is 141 Å². The molecular weight excluding hydrogens is 440 g/mol. The number of aromatic nitrogens is 4. The number of hydrogen-bond donors (Lipinski definition) is 2. The number of benzene rings is 1. The molecule has 0 aliphatic carbocycles. The molecule has 0 saturated carbocycles. The Kier molecular flexibility index (Phi) is 7.64. The van der Waals surface area contributed by atoms with Crippen LogP contribution in [0.3, 0.4) is 0 Å². The van der Waals surface area contributed by atoms with Gasteiger partial charge in [-0.3, -0.25) is 14.3 Å². The van der Waals surface area contributed by atoms with Crippen molar-refractivity contribution in [3.05, 3.63) is 44.9 Å². The highest BCUT2D eigenvalue weighted by Gasteiger charge is 2.23. The molecule has 1 aromatic carbocycles. The highest BCUT2D eigenvalue weighted by Crippen LogP contribution is 2.31. The maximum absolute atomic E-state index is 12.8. The fourth-order valence-corrected chi connectivity index (χ4v) is 3.68. The Balaban J connectivity index is 1.98. The lowest BCUT2D eigenvalue weighted by Gasteiger charge is -2.26. The summed E-state index contributed by atoms with van der Waals surface area (Å²) < 4.78 is 17.5. The maximum atomic E-state index is 12.8. The van der Waals surface area contributed by atoms with Gasteiger partial charge < -0.3 is 24.6 Å². The summed E-state index contributed by atoms with van der Waals surface area (Å²) in [5, 5.41) is 4.08. The molecule has 0 radical (unpaired) electrons. The van der Waals surface area contributed by atoms with Crippen LogP contribution in [0.5, 0.6) is 11.5 Å². The number of methoxy groups -OCH3 is 2. The zero-order chi connectivity index (χ0) is 25.0. The normalized spacial score (nSPS) is 11.3. The van der Waals surface area contributed by atoms with E-state index in [0.717, 1.165) is 0 Å². The van der Waals surface area contributed by atoms with Gasteiger partial charge in [-0.25, -0.2) is 4.79 Å². The predicted molar refractivity (Wildman–Crippen MR) is 129 cm³/mol. The first-order chi connectivity index (χ1) is 16.1. The number of ether oxygens (including phenoxy) is 2. The van der Waals surface area contributed by atoms with Gasteiger partial charge in [0.05, 0.1) is 20.8 Å². The summed E-state index contributed by atoms with van der Waals surface area (Å²) in [5.74, 6) is 2.26. The number of nitrogens with two attached hydrogens (primary N) is 1. The molecule has 0 aliphatic rings. The van der Waals surface area contributed by atoms with Crippen molar-refractivity contribution in [2.24, 2.45) is 11.8 Å². The molecule has 0 aliphatic heterocycles. The van der Waals surface area contributed by atoms with Crippen molar-refractivity contribution in [2.75, 3.05) is 31.4 Å². The molecule has 3 aromatic rings. The molecule has 3 N–H and O–H groups in total. The van der Waals surface area contributed by atoms with Crippen molar-refractivity contribution in [3.8, 4) is 22.9 Å². The minimum absolute atomic E-state index is 0.114. The number of anilines is 2. The van der Waals surface area contributed by atoms with E-state index in [2.05, 4.69) is 15.1 Å². The van der Waals surface area contributed by atoms with Gasteiger partial charge in [0.25, 0.3) is 5.56 Å². The zero-order valence-corrected chi connectivity index (χ0v) is 20.4. The lowest BCUT2D eigenvalue weighted by atomic mass is 10.2. The van der Waals surface area contributed by atoms with E-state index in [1.54, 1.807) is 37.3 Å². The van der Waals surface area contributed by atoms with Crippen LogP contribution < -0.4 is 31.4 Å². The molecule has 0 spiro atoms. The summed E-state index contributed by atoms with van der Waals surface area (Å²) in [6.45, 7) is 8.99. The molecule has 0 bridgehead atoms. The Morgan fingerprint density at radius 3 is 2.44 bits per heavy atom. The van der Waals surface area contributed by atoms with Crippen molar-refractivity contribution >= 4 is 11.5 Å². The smallest absolute Gasteiger partial charge is 0.330 e. The Morgan fingerprint density at radius 1 is 1.12 bits per heavy atom. The summed E-state index contributed by atoms with van der Waals surface area (Å²) in [6.07, 6.45) is 0. The Bertz CT molecular complexity index is 1240. The average molecular weight is 473 g/mol. The van der Waals surface area contributed by atoms with E-state index in [-0.39, 0.29) is 29.9 Å². The zero-order valence-electron chi connectivity index (χ0n) is 20.4. The van der Waals surface area contributed by atoms with Crippen molar-refractivity contribution in [3.63, 3.8) is 0 Å². The molecule has 11 heteroatoms. The highest BCUT2D eigenvalue weighted by molar-refractivity contribution is 5.63. The minimum Gasteiger partial charge on any atom is -0.493 e. The van der Waals surface area contributed by atoms with Crippen LogP contribution in [0.15, 0.2) is 32.3 Å². The molecule has 184 valence electrons. The van der Waals surface area contributed by atoms with Gasteiger partial charge in [0, 0.05) is 18.7 Å². The van der Waals surface area contributed by atoms with Crippen molar-refractivity contribution in [1.29, 1.82) is 0 Å². The summed E-state index contributed by atoms with van der Waals surface area (Å²) in [4.78, 5) is 33.8. The van der Waals surface area contributed by atoms with Crippen LogP contribution in [0.4, 0.5) is 11.5 Å². The van der Waals surface area contributed by atoms with E-state index in [0.29, 0.717) is 41.9 Å². The van der Waals surface area contributed by atoms with Gasteiger partial charge in [0.1, 0.15) is 11.5 Å². The first-order valence-electron chi connectivity index (χ1n) is 11.1. The van der Waals surface area contributed by atoms with Crippen LogP contribution in [0.25, 0.3) is 11.4 Å². The Morgan fingerprint density at radius 2 is 1.82 bits per heavy atom. The maximum Gasteiger partial charge on any atom is 0.330 e. The number of nitrogens with one attached hydrogen (secondary N) is 1. The molecule has 0 saturated heterocycles. The fraction of sp³-hybridized carbons (Fsp3) is 0.478. The monoisotopic (exact) mass is 472 g/mol. The number of nitrogens with zero attached hydrogens (tertiary/aromatic N) is 4. The van der Waals surface area contributed by atoms with E-state index in [9.17, 15) is 9.59 Å². The molecular formula is C23H32N6O5. The van der Waals surface area contributed by atoms with Crippen LogP contribution in [0.1, 0.15) is 33.6 Å². The molecule has 0 atom stereocenters. The molecule has 0 fully saturated rings. The number of aromatic amines is 1. The summed E-state index contributed by atoms with van der Waals surface area (Å²) in [5.41, 5.74) is 6.14. The molecule has 0 amide bonds. The number of rotatable bonds is 10. The van der Waals surface area contributed by atoms with Gasteiger partial charge in [0.2, 0.25) is 11.7 Å². The Hall–Kier alpha value is -3.76. The van der Waals surface area contributed by atoms with Crippen LogP contribution in [-0.2, 0) is 13.1 Å². The second kappa shape index (κ2) is 10.4. The fourth-order valence-electron chi connectivity index (χ4n) is 3.68. The van der Waals surface area contributed by atoms with Crippen molar-refractivity contribution in [1.82, 2.24) is 19.7 Å². The molecule has 3 rings (SSSR count). The third-order valence-electron chi connectivity index (χ3n) is 5.10. The van der Waals surface area contributed by atoms with E-state index in [4.69, 9.17) is 19.7 Å². The second-order valence-electron chi connectivity index (χ2n) is 8.85. The van der Waals surface area contributed by atoms with Crippen molar-refractivity contribution < 1.29 is 14.0 Å². The average Bonchev–Trinajstić information content (AvgIpc) is 3.23. The van der Waals surface area contributed by atoms with E-state index in [1.165, 1.54) is 4.57 Å². The SMILES string of the molecule is COc1ccc(-c2noc(CN(CC(C)C)c3c(N)n(CC(C)C)c(=O)[nH]c3=O)n2)cc1OC. The van der Waals surface area contributed by atoms with Crippen molar-refractivity contribution in [2.45, 2.75) is 40.8 Å². The highest BCUT2D eigenvalue weighted by atomic mass is 16.5. The van der Waals surface area contributed by atoms with E-state index >= 15 is 0 Å². The third kappa shape index (κ3) is 5.41. The second-order valence-corrected chi connectivity index (χ2v) is 8.85. The minimum atomic E-state index is -0.553. The Labute approximate surface area is 197 Å². The molecule has 2 aromatic heterocycles. The molecule has 2 heterocycles. The van der Waals surface area contributed by atoms with Gasteiger partial charge >= 0.3 is 5.69 Å². The van der Waals surface area contributed by atoms with E-state index < -0.39 is 11.2 Å². The van der Waals surface area contributed by atoms with Gasteiger partial charge in [0.15, 0.2) is 11.5 Å². The first kappa shape index (κ1) is 24.9. The van der Waals surface area contributed by atoms with E-state index in [1.807, 2.05) is 27.7 Å². The van der Waals surface area contributed by atoms with Gasteiger partial charge in [-0.2, -0.15) is 4.98 Å². The van der Waals surface area contributed by atoms with Crippen LogP contribution in [0, 0.1) is 11.8 Å². The lowest BCUT2D eigenvalue weighted by Crippen LogP contribution is -2.40. The summed E-state index contributed by atoms with van der Waals surface area (Å²) in [6, 6.07) is 5.31. The standard InChI is InChI=1S/C23H32N6O5/c1-13(2)10-28(19-20(24)29(11-14(3)4)23(31)26-22(19)30)12-18-25-21(27-34-18)15-7-8-16(32-5)17(9-15)33-6/h7-9,13-14H,10-12,24H2,1-6H3,(H,26,30,31). The number of nitrogen functional groups attached to an aromatic ring is 1. The summed E-state index contributed by atoms with van der Waals surface area (Å²) in [7, 11) is 3.11. The predicted octanol–water partition coefficient (Wildman–Crippen LogP) is 2.50. The quantitative estimate of drug-likeness (QED) is 0.455. The first-order valence-corrected chi connectivity index (χ1v) is 11.1.